The van der Waals surface area contributed by atoms with Crippen LogP contribution in [0, 0.1) is 0 Å². The van der Waals surface area contributed by atoms with Crippen LogP contribution in [-0.2, 0) is 27.7 Å². The number of hydrogen-bond acceptors (Lipinski definition) is 17. The number of nitrogens with zero attached hydrogens (tertiary/aromatic N) is 1. The minimum atomic E-state index is -5.69. The van der Waals surface area contributed by atoms with Gasteiger partial charge in [-0.05, 0) is 0 Å². The molecule has 0 aromatic carbocycles. The standard InChI is InChI=1S/C9H12N2O6.C6H14O11P2/c12-3-4-6(14)7(15)8(17-4)11-2-1-5(13)10-9(11)16;7-2-1-5(16-18(10,11)12)6(4(9)3-8)17-19(13,14)15/h1-2,4,6-8,12,14-15H,3H2,(H,10,13,16);2,4-6,8-9H,1,3H2,(H2,10,11,12)(H2,13,14,15)/p-4/t4-,6-,7-,8-;4-,5+,6+/m11/s1. The quantitative estimate of drug-likeness (QED) is 0.107. The summed E-state index contributed by atoms with van der Waals surface area (Å²) in [4.78, 5) is 76.3. The number of hydrogen-bond donors (Lipinski definition) is 6. The number of ether oxygens (including phenoxy) is 1. The second kappa shape index (κ2) is 13.8. The predicted octanol–water partition coefficient (Wildman–Crippen LogP) is -7.50. The van der Waals surface area contributed by atoms with Crippen LogP contribution in [0.1, 0.15) is 12.6 Å². The lowest BCUT2D eigenvalue weighted by molar-refractivity contribution is -0.358. The lowest BCUT2D eigenvalue weighted by Crippen LogP contribution is -2.45. The smallest absolute Gasteiger partial charge is 0.330 e. The van der Waals surface area contributed by atoms with Crippen LogP contribution in [0.3, 0.4) is 0 Å². The third-order valence-corrected chi connectivity index (χ3v) is 5.45. The number of aromatic nitrogens is 2. The summed E-state index contributed by atoms with van der Waals surface area (Å²) in [7, 11) is -11.3. The highest BCUT2D eigenvalue weighted by Crippen LogP contribution is 2.36. The number of phosphoric ester groups is 2. The van der Waals surface area contributed by atoms with Crippen molar-refractivity contribution < 1.29 is 72.8 Å². The van der Waals surface area contributed by atoms with Crippen molar-refractivity contribution in [3.63, 3.8) is 0 Å². The molecule has 0 amide bonds. The summed E-state index contributed by atoms with van der Waals surface area (Å²) in [5.74, 6) is 0. The molecule has 1 fully saturated rings. The topological polar surface area (TPSA) is 327 Å². The first kappa shape index (κ1) is 32.4. The number of rotatable bonds is 11. The molecule has 0 radical (unpaired) electrons. The highest BCUT2D eigenvalue weighted by Gasteiger charge is 2.43. The lowest BCUT2D eigenvalue weighted by Gasteiger charge is -2.41. The molecule has 0 aliphatic carbocycles. The Labute approximate surface area is 200 Å². The molecular formula is C15H22N2O17P2-4. The van der Waals surface area contributed by atoms with Gasteiger partial charge in [0.25, 0.3) is 5.56 Å². The number of aliphatic hydroxyl groups is 5. The van der Waals surface area contributed by atoms with E-state index in [4.69, 9.17) is 14.9 Å². The molecule has 1 saturated heterocycles. The van der Waals surface area contributed by atoms with Gasteiger partial charge in [0.15, 0.2) is 6.23 Å². The summed E-state index contributed by atoms with van der Waals surface area (Å²) >= 11 is 0. The number of phosphoric acid groups is 2. The SMILES string of the molecule is O=CC[C@H](OP(=O)([O-])[O-])[C@@H](OP(=O)([O-])[O-])[C@H](O)CO.O=c1ccn([C@@H]2O[C@H](CO)[C@@H](O)[C@H]2O)c(=O)[nH]1. The first-order valence-electron chi connectivity index (χ1n) is 9.62. The molecule has 0 bridgehead atoms. The number of aromatic amines is 1. The van der Waals surface area contributed by atoms with E-state index in [1.807, 2.05) is 4.98 Å². The van der Waals surface area contributed by atoms with Crippen molar-refractivity contribution >= 4 is 21.9 Å². The fourth-order valence-corrected chi connectivity index (χ4v) is 3.99. The van der Waals surface area contributed by atoms with E-state index >= 15 is 0 Å². The minimum Gasteiger partial charge on any atom is -0.790 e. The van der Waals surface area contributed by atoms with E-state index in [-0.39, 0.29) is 6.29 Å². The Morgan fingerprint density at radius 2 is 1.69 bits per heavy atom. The third-order valence-electron chi connectivity index (χ3n) is 4.42. The number of carbonyl (C=O) groups is 1. The number of aldehydes is 1. The van der Waals surface area contributed by atoms with Gasteiger partial charge in [-0.15, -0.1) is 0 Å². The van der Waals surface area contributed by atoms with E-state index in [0.29, 0.717) is 0 Å². The predicted molar refractivity (Wildman–Crippen MR) is 103 cm³/mol. The molecule has 2 heterocycles. The molecule has 208 valence electrons. The van der Waals surface area contributed by atoms with Gasteiger partial charge in [0.2, 0.25) is 0 Å². The largest absolute Gasteiger partial charge is 0.790 e. The summed E-state index contributed by atoms with van der Waals surface area (Å²) < 4.78 is 34.5. The average molecular weight is 564 g/mol. The molecule has 0 unspecified atom stereocenters. The molecule has 0 saturated carbocycles. The molecule has 1 aromatic heterocycles. The van der Waals surface area contributed by atoms with E-state index in [0.717, 1.165) is 16.8 Å². The highest BCUT2D eigenvalue weighted by molar-refractivity contribution is 7.43. The van der Waals surface area contributed by atoms with Crippen molar-refractivity contribution in [1.29, 1.82) is 0 Å². The van der Waals surface area contributed by atoms with Crippen molar-refractivity contribution in [2.24, 2.45) is 0 Å². The second-order valence-electron chi connectivity index (χ2n) is 7.01. The molecular weight excluding hydrogens is 542 g/mol. The van der Waals surface area contributed by atoms with Crippen LogP contribution in [0.5, 0.6) is 0 Å². The zero-order valence-corrected chi connectivity index (χ0v) is 19.7. The van der Waals surface area contributed by atoms with Gasteiger partial charge in [0.1, 0.15) is 36.8 Å². The van der Waals surface area contributed by atoms with Crippen LogP contribution >= 0.6 is 15.6 Å². The highest BCUT2D eigenvalue weighted by atomic mass is 31.2. The Morgan fingerprint density at radius 3 is 2.11 bits per heavy atom. The van der Waals surface area contributed by atoms with Gasteiger partial charge in [-0.3, -0.25) is 14.3 Å². The fourth-order valence-electron chi connectivity index (χ4n) is 2.87. The van der Waals surface area contributed by atoms with E-state index < -0.39 is 89.4 Å². The summed E-state index contributed by atoms with van der Waals surface area (Å²) in [6, 6.07) is 1.09. The van der Waals surface area contributed by atoms with Gasteiger partial charge in [-0.25, -0.2) is 4.79 Å². The van der Waals surface area contributed by atoms with Crippen molar-refractivity contribution in [3.8, 4) is 0 Å². The Bertz CT molecular complexity index is 1050. The zero-order valence-electron chi connectivity index (χ0n) is 17.9. The van der Waals surface area contributed by atoms with Crippen molar-refractivity contribution in [1.82, 2.24) is 9.55 Å². The van der Waals surface area contributed by atoms with E-state index in [9.17, 15) is 58.4 Å². The normalized spacial score (nSPS) is 24.9. The van der Waals surface area contributed by atoms with Crippen LogP contribution in [0.4, 0.5) is 0 Å². The number of nitrogens with one attached hydrogen (secondary N) is 1. The maximum absolute atomic E-state index is 11.4. The monoisotopic (exact) mass is 564 g/mol. The maximum Gasteiger partial charge on any atom is 0.330 e. The van der Waals surface area contributed by atoms with Crippen LogP contribution in [-0.4, -0.2) is 91.2 Å². The number of carbonyl (C=O) groups excluding carboxylic acids is 1. The number of H-pyrrole nitrogens is 1. The van der Waals surface area contributed by atoms with Crippen LogP contribution in [0.15, 0.2) is 21.9 Å². The van der Waals surface area contributed by atoms with Crippen molar-refractivity contribution in [2.45, 2.75) is 49.3 Å². The van der Waals surface area contributed by atoms with Crippen molar-refractivity contribution in [2.75, 3.05) is 13.2 Å². The molecule has 1 aliphatic heterocycles. The van der Waals surface area contributed by atoms with E-state index in [1.54, 1.807) is 0 Å². The second-order valence-corrected chi connectivity index (χ2v) is 9.22. The third kappa shape index (κ3) is 10.0. The molecule has 1 aromatic rings. The lowest BCUT2D eigenvalue weighted by atomic mass is 10.1. The first-order chi connectivity index (χ1) is 16.5. The summed E-state index contributed by atoms with van der Waals surface area (Å²) in [6.45, 7) is -1.61. The Hall–Kier alpha value is -1.67. The molecule has 7 atom stereocenters. The Kier molecular flexibility index (Phi) is 12.4. The fraction of sp³-hybridized carbons (Fsp3) is 0.667. The summed E-state index contributed by atoms with van der Waals surface area (Å²) in [5.41, 5.74) is -1.33. The van der Waals surface area contributed by atoms with Gasteiger partial charge in [0, 0.05) is 18.7 Å². The molecule has 0 spiro atoms. The van der Waals surface area contributed by atoms with Gasteiger partial charge in [0.05, 0.1) is 35.0 Å². The first-order valence-corrected chi connectivity index (χ1v) is 12.5. The minimum absolute atomic E-state index is 0.0430. The summed E-state index contributed by atoms with van der Waals surface area (Å²) in [5, 5.41) is 45.9. The van der Waals surface area contributed by atoms with Gasteiger partial charge in [-0.1, -0.05) is 0 Å². The average Bonchev–Trinajstić information content (AvgIpc) is 3.04. The van der Waals surface area contributed by atoms with E-state index in [1.165, 1.54) is 0 Å². The zero-order chi connectivity index (χ0) is 27.8. The van der Waals surface area contributed by atoms with Crippen molar-refractivity contribution in [3.05, 3.63) is 33.1 Å². The van der Waals surface area contributed by atoms with Gasteiger partial charge < -0.3 is 72.8 Å². The molecule has 1 aliphatic rings. The molecule has 2 rings (SSSR count). The van der Waals surface area contributed by atoms with Gasteiger partial charge >= 0.3 is 5.69 Å². The molecule has 6 N–H and O–H groups in total. The number of aliphatic hydroxyl groups excluding tert-OH is 5. The molecule has 21 heteroatoms. The summed E-state index contributed by atoms with van der Waals surface area (Å²) in [6.07, 6.45) is -10.7. The van der Waals surface area contributed by atoms with Gasteiger partial charge in [-0.2, -0.15) is 0 Å². The Morgan fingerprint density at radius 1 is 1.11 bits per heavy atom. The van der Waals surface area contributed by atoms with Crippen LogP contribution < -0.4 is 30.8 Å². The molecule has 19 nitrogen and oxygen atoms in total. The van der Waals surface area contributed by atoms with Crippen LogP contribution in [0.25, 0.3) is 0 Å². The maximum atomic E-state index is 11.4. The molecule has 36 heavy (non-hydrogen) atoms. The van der Waals surface area contributed by atoms with E-state index in [2.05, 4.69) is 9.05 Å². The Balaban J connectivity index is 0.000000361. The van der Waals surface area contributed by atoms with Crippen LogP contribution in [0.2, 0.25) is 0 Å².